The number of pyridine rings is 1. The Bertz CT molecular complexity index is 646. The van der Waals surface area contributed by atoms with Crippen molar-refractivity contribution in [1.82, 2.24) is 4.98 Å². The van der Waals surface area contributed by atoms with E-state index in [1.54, 1.807) is 24.3 Å². The highest BCUT2D eigenvalue weighted by Crippen LogP contribution is 2.23. The molecule has 2 rings (SSSR count). The minimum atomic E-state index is -0.339. The summed E-state index contributed by atoms with van der Waals surface area (Å²) in [6.07, 6.45) is 0. The lowest BCUT2D eigenvalue weighted by Crippen LogP contribution is -2.15. The van der Waals surface area contributed by atoms with E-state index < -0.39 is 0 Å². The van der Waals surface area contributed by atoms with Crippen LogP contribution in [0.5, 0.6) is 0 Å². The fraction of sp³-hybridized carbons (Fsp3) is 0.0769. The molecule has 0 aliphatic rings. The molecule has 0 atom stereocenters. The molecule has 0 saturated carbocycles. The van der Waals surface area contributed by atoms with Crippen molar-refractivity contribution in [3.8, 4) is 0 Å². The van der Waals surface area contributed by atoms with E-state index in [2.05, 4.69) is 26.2 Å². The number of anilines is 2. The van der Waals surface area contributed by atoms with Gasteiger partial charge in [0, 0.05) is 4.47 Å². The second-order valence-corrected chi connectivity index (χ2v) is 5.18. The van der Waals surface area contributed by atoms with Gasteiger partial charge in [-0.15, -0.1) is 0 Å². The number of carbonyl (C=O) groups excluding carboxylic acids is 1. The molecule has 1 heterocycles. The van der Waals surface area contributed by atoms with Gasteiger partial charge in [0.1, 0.15) is 5.82 Å². The van der Waals surface area contributed by atoms with Crippen molar-refractivity contribution in [3.05, 3.63) is 51.1 Å². The van der Waals surface area contributed by atoms with Gasteiger partial charge in [0.05, 0.1) is 22.0 Å². The standard InChI is InChI=1S/C13H11BrClN3O/c1-7-9(14)5-6-11(17-7)18-13(19)8-3-2-4-10(15)12(8)16/h2-6H,16H2,1H3,(H,17,18,19). The number of hydrogen-bond donors (Lipinski definition) is 2. The number of aromatic nitrogens is 1. The maximum atomic E-state index is 12.1. The number of hydrogen-bond acceptors (Lipinski definition) is 3. The number of carbonyl (C=O) groups is 1. The minimum absolute atomic E-state index is 0.260. The summed E-state index contributed by atoms with van der Waals surface area (Å²) in [6, 6.07) is 8.45. The van der Waals surface area contributed by atoms with E-state index in [0.717, 1.165) is 10.2 Å². The van der Waals surface area contributed by atoms with Crippen molar-refractivity contribution >= 4 is 44.9 Å². The third-order valence-electron chi connectivity index (χ3n) is 2.56. The fourth-order valence-electron chi connectivity index (χ4n) is 1.53. The van der Waals surface area contributed by atoms with E-state index in [1.807, 2.05) is 13.0 Å². The number of benzene rings is 1. The Kier molecular flexibility index (Phi) is 4.07. The van der Waals surface area contributed by atoms with Crippen LogP contribution in [0.3, 0.4) is 0 Å². The molecule has 19 heavy (non-hydrogen) atoms. The Morgan fingerprint density at radius 2 is 2.11 bits per heavy atom. The van der Waals surface area contributed by atoms with Gasteiger partial charge in [0.2, 0.25) is 0 Å². The first kappa shape index (κ1) is 13.8. The summed E-state index contributed by atoms with van der Waals surface area (Å²) in [6.45, 7) is 1.84. The number of nitrogen functional groups attached to an aromatic ring is 1. The third kappa shape index (κ3) is 3.05. The Morgan fingerprint density at radius 1 is 1.37 bits per heavy atom. The Morgan fingerprint density at radius 3 is 2.79 bits per heavy atom. The van der Waals surface area contributed by atoms with E-state index in [0.29, 0.717) is 16.4 Å². The van der Waals surface area contributed by atoms with E-state index >= 15 is 0 Å². The molecule has 6 heteroatoms. The Labute approximate surface area is 124 Å². The number of rotatable bonds is 2. The third-order valence-corrected chi connectivity index (χ3v) is 3.73. The first-order valence-electron chi connectivity index (χ1n) is 5.47. The van der Waals surface area contributed by atoms with Crippen LogP contribution in [0.25, 0.3) is 0 Å². The smallest absolute Gasteiger partial charge is 0.258 e. The topological polar surface area (TPSA) is 68.0 Å². The predicted octanol–water partition coefficient (Wildman–Crippen LogP) is 3.64. The molecule has 1 aromatic heterocycles. The SMILES string of the molecule is Cc1nc(NC(=O)c2cccc(Cl)c2N)ccc1Br. The second kappa shape index (κ2) is 5.59. The van der Waals surface area contributed by atoms with Crippen molar-refractivity contribution in [2.75, 3.05) is 11.1 Å². The van der Waals surface area contributed by atoms with Crippen LogP contribution >= 0.6 is 27.5 Å². The second-order valence-electron chi connectivity index (χ2n) is 3.92. The van der Waals surface area contributed by atoms with E-state index in [9.17, 15) is 4.79 Å². The first-order valence-corrected chi connectivity index (χ1v) is 6.64. The summed E-state index contributed by atoms with van der Waals surface area (Å²) in [5.41, 5.74) is 7.15. The Balaban J connectivity index is 2.26. The monoisotopic (exact) mass is 339 g/mol. The average molecular weight is 341 g/mol. The molecule has 0 radical (unpaired) electrons. The van der Waals surface area contributed by atoms with Crippen molar-refractivity contribution in [2.24, 2.45) is 0 Å². The molecular formula is C13H11BrClN3O. The normalized spacial score (nSPS) is 10.3. The van der Waals surface area contributed by atoms with E-state index in [4.69, 9.17) is 17.3 Å². The van der Waals surface area contributed by atoms with Crippen LogP contribution in [0.1, 0.15) is 16.1 Å². The van der Waals surface area contributed by atoms with Gasteiger partial charge in [-0.3, -0.25) is 4.79 Å². The summed E-state index contributed by atoms with van der Waals surface area (Å²) in [5.74, 6) is 0.124. The summed E-state index contributed by atoms with van der Waals surface area (Å²) >= 11 is 9.23. The van der Waals surface area contributed by atoms with Crippen molar-refractivity contribution < 1.29 is 4.79 Å². The average Bonchev–Trinajstić information content (AvgIpc) is 2.37. The molecule has 98 valence electrons. The molecule has 0 unspecified atom stereocenters. The fourth-order valence-corrected chi connectivity index (χ4v) is 1.93. The molecule has 1 amide bonds. The summed E-state index contributed by atoms with van der Waals surface area (Å²) in [4.78, 5) is 16.3. The van der Waals surface area contributed by atoms with Crippen LogP contribution in [-0.2, 0) is 0 Å². The van der Waals surface area contributed by atoms with Gasteiger partial charge in [-0.2, -0.15) is 0 Å². The molecular weight excluding hydrogens is 330 g/mol. The van der Waals surface area contributed by atoms with Crippen LogP contribution in [0.4, 0.5) is 11.5 Å². The highest BCUT2D eigenvalue weighted by atomic mass is 79.9. The van der Waals surface area contributed by atoms with Crippen LogP contribution < -0.4 is 11.1 Å². The maximum absolute atomic E-state index is 12.1. The number of nitrogens with zero attached hydrogens (tertiary/aromatic N) is 1. The van der Waals surface area contributed by atoms with Gasteiger partial charge in [0.25, 0.3) is 5.91 Å². The first-order chi connectivity index (χ1) is 8.99. The molecule has 0 aliphatic carbocycles. The van der Waals surface area contributed by atoms with E-state index in [-0.39, 0.29) is 11.6 Å². The molecule has 0 saturated heterocycles. The summed E-state index contributed by atoms with van der Waals surface area (Å²) < 4.78 is 0.882. The zero-order valence-electron chi connectivity index (χ0n) is 10.1. The van der Waals surface area contributed by atoms with Crippen LogP contribution in [0, 0.1) is 6.92 Å². The molecule has 4 nitrogen and oxygen atoms in total. The van der Waals surface area contributed by atoms with Gasteiger partial charge in [-0.25, -0.2) is 4.98 Å². The van der Waals surface area contributed by atoms with Gasteiger partial charge in [-0.1, -0.05) is 17.7 Å². The molecule has 0 fully saturated rings. The van der Waals surface area contributed by atoms with Crippen molar-refractivity contribution in [3.63, 3.8) is 0 Å². The van der Waals surface area contributed by atoms with Crippen LogP contribution in [-0.4, -0.2) is 10.9 Å². The van der Waals surface area contributed by atoms with Crippen molar-refractivity contribution in [2.45, 2.75) is 6.92 Å². The Hall–Kier alpha value is -1.59. The molecule has 0 aliphatic heterocycles. The molecule has 0 bridgehead atoms. The van der Waals surface area contributed by atoms with Gasteiger partial charge >= 0.3 is 0 Å². The molecule has 2 aromatic rings. The zero-order chi connectivity index (χ0) is 14.0. The maximum Gasteiger partial charge on any atom is 0.258 e. The lowest BCUT2D eigenvalue weighted by molar-refractivity contribution is 0.102. The number of nitrogens with one attached hydrogen (secondary N) is 1. The van der Waals surface area contributed by atoms with E-state index in [1.165, 1.54) is 0 Å². The number of aryl methyl sites for hydroxylation is 1. The molecule has 3 N–H and O–H groups in total. The highest BCUT2D eigenvalue weighted by molar-refractivity contribution is 9.10. The van der Waals surface area contributed by atoms with Gasteiger partial charge in [-0.05, 0) is 47.1 Å². The summed E-state index contributed by atoms with van der Waals surface area (Å²) in [7, 11) is 0. The van der Waals surface area contributed by atoms with Crippen LogP contribution in [0.15, 0.2) is 34.8 Å². The van der Waals surface area contributed by atoms with Gasteiger partial charge < -0.3 is 11.1 Å². The highest BCUT2D eigenvalue weighted by Gasteiger charge is 2.12. The number of halogens is 2. The number of nitrogens with two attached hydrogens (primary N) is 1. The zero-order valence-corrected chi connectivity index (χ0v) is 12.4. The quantitative estimate of drug-likeness (QED) is 0.820. The minimum Gasteiger partial charge on any atom is -0.397 e. The molecule has 1 aromatic carbocycles. The summed E-state index contributed by atoms with van der Waals surface area (Å²) in [5, 5.41) is 3.04. The van der Waals surface area contributed by atoms with Crippen molar-refractivity contribution in [1.29, 1.82) is 0 Å². The van der Waals surface area contributed by atoms with Gasteiger partial charge in [0.15, 0.2) is 0 Å². The van der Waals surface area contributed by atoms with Crippen LogP contribution in [0.2, 0.25) is 5.02 Å². The molecule has 0 spiro atoms. The predicted molar refractivity (Wildman–Crippen MR) is 80.5 cm³/mol. The largest absolute Gasteiger partial charge is 0.397 e. The number of para-hydroxylation sites is 1. The number of amides is 1. The lowest BCUT2D eigenvalue weighted by Gasteiger charge is -2.08. The lowest BCUT2D eigenvalue weighted by atomic mass is 10.1.